The molecular weight excluding hydrogens is 74.1 g/mol. The van der Waals surface area contributed by atoms with E-state index in [9.17, 15) is 0 Å². The van der Waals surface area contributed by atoms with Gasteiger partial charge in [-0.15, -0.1) is 4.91 Å². The van der Waals surface area contributed by atoms with Crippen LogP contribution in [-0.4, -0.2) is 0 Å². The van der Waals surface area contributed by atoms with Gasteiger partial charge in [-0.05, 0) is 0 Å². The number of nitrogens with zero attached hydrogens (tertiary/aromatic N) is 1. The van der Waals surface area contributed by atoms with Gasteiger partial charge in [-0.2, -0.15) is 0 Å². The lowest BCUT2D eigenvalue weighted by molar-refractivity contribution is 1.89. The number of nitroso groups, excluding NO2 is 1. The van der Waals surface area contributed by atoms with E-state index in [2.05, 4.69) is 10.8 Å². The first kappa shape index (κ1) is 3.95. The smallest absolute Gasteiger partial charge is 0.0297 e. The lowest BCUT2D eigenvalue weighted by atomic mass is 12.0. The molecule has 23 valence electrons. The van der Waals surface area contributed by atoms with E-state index >= 15 is 0 Å². The van der Waals surface area contributed by atoms with Crippen molar-refractivity contribution in [2.75, 3.05) is 0 Å². The van der Waals surface area contributed by atoms with Gasteiger partial charge in [0.25, 0.3) is 0 Å². The molecule has 3 heteroatoms. The second kappa shape index (κ2) is 2.95. The molecule has 0 saturated carbocycles. The maximum Gasteiger partial charge on any atom is 0.0297 e. The van der Waals surface area contributed by atoms with Gasteiger partial charge in [0.1, 0.15) is 0 Å². The molecule has 0 aliphatic heterocycles. The fourth-order valence-corrected chi connectivity index (χ4v) is 0. The molecule has 0 unspecified atom stereocenters. The van der Waals surface area contributed by atoms with E-state index in [1.807, 2.05) is 0 Å². The minimum Gasteiger partial charge on any atom is -0.137 e. The number of hydrogen-bond donors (Lipinski definition) is 0. The van der Waals surface area contributed by atoms with Crippen LogP contribution in [0.15, 0.2) is 4.58 Å². The Morgan fingerprint density at radius 1 is 2.00 bits per heavy atom. The van der Waals surface area contributed by atoms with Gasteiger partial charge >= 0.3 is 0 Å². The second-order valence-electron chi connectivity index (χ2n) is 0.204. The molecule has 0 aromatic carbocycles. The van der Waals surface area contributed by atoms with Gasteiger partial charge in [0.05, 0.1) is 0 Å². The molecule has 0 aromatic heterocycles. The van der Waals surface area contributed by atoms with Gasteiger partial charge in [0, 0.05) is 22.8 Å². The molecular formula is CH2NOS. The third-order valence-corrected chi connectivity index (χ3v) is 0.158. The summed E-state index contributed by atoms with van der Waals surface area (Å²) >= 11 is 0.676. The normalized spacial score (nSPS) is 6.25. The first-order valence-corrected chi connectivity index (χ1v) is 1.60. The molecule has 0 saturated heterocycles. The summed E-state index contributed by atoms with van der Waals surface area (Å²) in [5.41, 5.74) is 0. The van der Waals surface area contributed by atoms with E-state index in [1.165, 1.54) is 0 Å². The second-order valence-corrected chi connectivity index (χ2v) is 0.611. The average molecular weight is 76.1 g/mol. The maximum atomic E-state index is 8.82. The van der Waals surface area contributed by atoms with Gasteiger partial charge in [0.2, 0.25) is 0 Å². The molecule has 0 spiro atoms. The number of rotatable bonds is 1. The van der Waals surface area contributed by atoms with Crippen molar-refractivity contribution in [3.63, 3.8) is 0 Å². The van der Waals surface area contributed by atoms with Crippen molar-refractivity contribution in [1.82, 2.24) is 0 Å². The lowest BCUT2D eigenvalue weighted by Gasteiger charge is -1.50. The van der Waals surface area contributed by atoms with Crippen LogP contribution in [0.2, 0.25) is 0 Å². The van der Waals surface area contributed by atoms with Crippen molar-refractivity contribution in [2.24, 2.45) is 4.58 Å². The highest BCUT2D eigenvalue weighted by Crippen LogP contribution is 1.89. The lowest BCUT2D eigenvalue weighted by Crippen LogP contribution is -1.18. The van der Waals surface area contributed by atoms with Gasteiger partial charge in [0.15, 0.2) is 0 Å². The molecule has 0 heterocycles. The van der Waals surface area contributed by atoms with Crippen LogP contribution in [-0.2, 0) is 0 Å². The minimum atomic E-state index is 0.676. The predicted molar refractivity (Wildman–Crippen MR) is 18.7 cm³/mol. The summed E-state index contributed by atoms with van der Waals surface area (Å²) in [6, 6.07) is 0. The Balaban J connectivity index is 2.30. The Morgan fingerprint density at radius 3 is 2.25 bits per heavy atom. The van der Waals surface area contributed by atoms with Crippen molar-refractivity contribution < 1.29 is 0 Å². The first-order valence-electron chi connectivity index (χ1n) is 0.654. The van der Waals surface area contributed by atoms with Gasteiger partial charge in [-0.25, -0.2) is 0 Å². The molecule has 0 N–H and O–H groups in total. The van der Waals surface area contributed by atoms with Crippen LogP contribution < -0.4 is 0 Å². The summed E-state index contributed by atoms with van der Waals surface area (Å²) in [4.78, 5) is 8.82. The third kappa shape index (κ3) is 1.95. The Kier molecular flexibility index (Phi) is 2.91. The fraction of sp³-hybridized carbons (Fsp3) is 0. The first-order chi connectivity index (χ1) is 1.91. The Hall–Kier alpha value is -0.0500. The van der Waals surface area contributed by atoms with E-state index < -0.39 is 0 Å². The summed E-state index contributed by atoms with van der Waals surface area (Å²) in [5.74, 6) is 0. The van der Waals surface area contributed by atoms with Crippen molar-refractivity contribution in [3.05, 3.63) is 11.2 Å². The summed E-state index contributed by atoms with van der Waals surface area (Å²) in [6.07, 6.45) is 3.04. The zero-order valence-corrected chi connectivity index (χ0v) is 2.79. The highest BCUT2D eigenvalue weighted by molar-refractivity contribution is 7.99. The van der Waals surface area contributed by atoms with Crippen LogP contribution in [0.5, 0.6) is 0 Å². The average Bonchev–Trinajstić information content (AvgIpc) is 1.37. The van der Waals surface area contributed by atoms with Crippen LogP contribution >= 0.6 is 11.9 Å². The Morgan fingerprint density at radius 2 is 2.25 bits per heavy atom. The summed E-state index contributed by atoms with van der Waals surface area (Å²) < 4.78 is 2.29. The largest absolute Gasteiger partial charge is 0.137 e. The molecule has 0 aliphatic carbocycles. The quantitative estimate of drug-likeness (QED) is 0.347. The minimum absolute atomic E-state index is 0.676. The topological polar surface area (TPSA) is 29.4 Å². The van der Waals surface area contributed by atoms with Crippen molar-refractivity contribution in [1.29, 1.82) is 0 Å². The van der Waals surface area contributed by atoms with Crippen LogP contribution in [0.4, 0.5) is 0 Å². The third-order valence-electron chi connectivity index (χ3n) is 0.0527. The monoisotopic (exact) mass is 76.0 g/mol. The molecule has 0 bridgehead atoms. The molecule has 0 fully saturated rings. The van der Waals surface area contributed by atoms with Crippen molar-refractivity contribution in [2.45, 2.75) is 0 Å². The summed E-state index contributed by atoms with van der Waals surface area (Å²) in [6.45, 7) is 0. The highest BCUT2D eigenvalue weighted by Gasteiger charge is 1.52. The standard InChI is InChI=1S/CH2NOS/c1-4-2-3/h1H2. The predicted octanol–water partition coefficient (Wildman–Crippen LogP) is 1.19. The molecule has 1 radical (unpaired) electrons. The van der Waals surface area contributed by atoms with E-state index in [1.54, 1.807) is 0 Å². The Bertz CT molecular complexity index is 22.0. The van der Waals surface area contributed by atoms with E-state index in [4.69, 9.17) is 4.91 Å². The van der Waals surface area contributed by atoms with Crippen molar-refractivity contribution >= 4 is 11.9 Å². The maximum absolute atomic E-state index is 8.82. The van der Waals surface area contributed by atoms with Crippen LogP contribution in [0.3, 0.4) is 0 Å². The van der Waals surface area contributed by atoms with E-state index in [0.29, 0.717) is 11.9 Å². The summed E-state index contributed by atoms with van der Waals surface area (Å²) in [7, 11) is 0. The Labute approximate surface area is 28.7 Å². The zero-order valence-electron chi connectivity index (χ0n) is 1.97. The highest BCUT2D eigenvalue weighted by atomic mass is 32.2. The molecule has 0 amide bonds. The number of hydrogen-bond acceptors (Lipinski definition) is 3. The molecule has 2 nitrogen and oxygen atoms in total. The van der Waals surface area contributed by atoms with Gasteiger partial charge in [-0.1, -0.05) is 0 Å². The zero-order chi connectivity index (χ0) is 3.41. The fourth-order valence-electron chi connectivity index (χ4n) is 0. The van der Waals surface area contributed by atoms with Crippen LogP contribution in [0.25, 0.3) is 0 Å². The van der Waals surface area contributed by atoms with Crippen LogP contribution in [0, 0.1) is 11.2 Å². The SMILES string of the molecule is [CH2]SN=O. The molecule has 0 rings (SSSR count). The van der Waals surface area contributed by atoms with Crippen LogP contribution in [0.1, 0.15) is 0 Å². The van der Waals surface area contributed by atoms with E-state index in [0.717, 1.165) is 0 Å². The molecule has 0 aromatic rings. The van der Waals surface area contributed by atoms with E-state index in [-0.39, 0.29) is 0 Å². The van der Waals surface area contributed by atoms with Crippen molar-refractivity contribution in [3.8, 4) is 0 Å². The van der Waals surface area contributed by atoms with Gasteiger partial charge < -0.3 is 0 Å². The molecule has 4 heavy (non-hydrogen) atoms. The molecule has 0 aliphatic rings. The molecule has 0 atom stereocenters. The summed E-state index contributed by atoms with van der Waals surface area (Å²) in [5, 5.41) is 0. The van der Waals surface area contributed by atoms with Gasteiger partial charge in [-0.3, -0.25) is 0 Å².